The maximum absolute atomic E-state index is 5.97. The van der Waals surface area contributed by atoms with Gasteiger partial charge in [0.1, 0.15) is 11.1 Å². The summed E-state index contributed by atoms with van der Waals surface area (Å²) in [6.45, 7) is 12.6. The third-order valence-electron chi connectivity index (χ3n) is 3.60. The SMILES string of the molecule is CCOC(c1nc(CC)c(CNC2CC2)s1)C(C)(C)C. The number of rotatable bonds is 7. The summed E-state index contributed by atoms with van der Waals surface area (Å²) < 4.78 is 5.97. The highest BCUT2D eigenvalue weighted by Gasteiger charge is 2.30. The number of nitrogens with one attached hydrogen (secondary N) is 1. The Morgan fingerprint density at radius 3 is 2.55 bits per heavy atom. The summed E-state index contributed by atoms with van der Waals surface area (Å²) >= 11 is 1.83. The van der Waals surface area contributed by atoms with Crippen LogP contribution in [-0.2, 0) is 17.7 Å². The number of thiazole rings is 1. The van der Waals surface area contributed by atoms with Gasteiger partial charge in [0.2, 0.25) is 0 Å². The maximum Gasteiger partial charge on any atom is 0.123 e. The molecule has 0 aromatic carbocycles. The van der Waals surface area contributed by atoms with Crippen molar-refractivity contribution in [1.82, 2.24) is 10.3 Å². The molecule has 1 heterocycles. The second kappa shape index (κ2) is 6.54. The van der Waals surface area contributed by atoms with Gasteiger partial charge in [-0.3, -0.25) is 0 Å². The molecule has 0 bridgehead atoms. The van der Waals surface area contributed by atoms with Crippen molar-refractivity contribution in [1.29, 1.82) is 0 Å². The molecule has 1 aliphatic rings. The van der Waals surface area contributed by atoms with E-state index in [1.54, 1.807) is 0 Å². The molecular weight excluding hydrogens is 268 g/mol. The van der Waals surface area contributed by atoms with E-state index < -0.39 is 0 Å². The van der Waals surface area contributed by atoms with Gasteiger partial charge in [-0.15, -0.1) is 11.3 Å². The van der Waals surface area contributed by atoms with Crippen molar-refractivity contribution < 1.29 is 4.74 Å². The average Bonchev–Trinajstić information content (AvgIpc) is 3.12. The molecule has 1 unspecified atom stereocenters. The van der Waals surface area contributed by atoms with Crippen LogP contribution < -0.4 is 5.32 Å². The van der Waals surface area contributed by atoms with E-state index in [1.165, 1.54) is 23.4 Å². The molecule has 1 aromatic heterocycles. The number of hydrogen-bond donors (Lipinski definition) is 1. The maximum atomic E-state index is 5.97. The van der Waals surface area contributed by atoms with Crippen LogP contribution in [0.1, 0.15) is 69.1 Å². The fourth-order valence-electron chi connectivity index (χ4n) is 2.31. The Labute approximate surface area is 127 Å². The van der Waals surface area contributed by atoms with Gasteiger partial charge < -0.3 is 10.1 Å². The summed E-state index contributed by atoms with van der Waals surface area (Å²) in [6.07, 6.45) is 3.76. The quantitative estimate of drug-likeness (QED) is 0.823. The van der Waals surface area contributed by atoms with Gasteiger partial charge in [0, 0.05) is 24.1 Å². The van der Waals surface area contributed by atoms with Crippen LogP contribution in [0.15, 0.2) is 0 Å². The summed E-state index contributed by atoms with van der Waals surface area (Å²) in [5.74, 6) is 0. The van der Waals surface area contributed by atoms with Gasteiger partial charge >= 0.3 is 0 Å². The molecule has 1 aliphatic carbocycles. The van der Waals surface area contributed by atoms with Crippen LogP contribution in [0, 0.1) is 5.41 Å². The van der Waals surface area contributed by atoms with Gasteiger partial charge in [-0.1, -0.05) is 27.7 Å². The zero-order chi connectivity index (χ0) is 14.8. The Morgan fingerprint density at radius 2 is 2.05 bits per heavy atom. The van der Waals surface area contributed by atoms with Gasteiger partial charge in [-0.25, -0.2) is 4.98 Å². The molecule has 4 heteroatoms. The Bertz CT molecular complexity index is 432. The molecule has 0 radical (unpaired) electrons. The fraction of sp³-hybridized carbons (Fsp3) is 0.812. The van der Waals surface area contributed by atoms with Crippen molar-refractivity contribution in [2.24, 2.45) is 5.41 Å². The van der Waals surface area contributed by atoms with Crippen molar-refractivity contribution in [3.8, 4) is 0 Å². The number of ether oxygens (including phenoxy) is 1. The predicted octanol–water partition coefficient (Wildman–Crippen LogP) is 4.08. The highest BCUT2D eigenvalue weighted by atomic mass is 32.1. The first-order chi connectivity index (χ1) is 9.45. The summed E-state index contributed by atoms with van der Waals surface area (Å²) in [5.41, 5.74) is 1.33. The largest absolute Gasteiger partial charge is 0.371 e. The zero-order valence-electron chi connectivity index (χ0n) is 13.5. The van der Waals surface area contributed by atoms with Gasteiger partial charge in [0.15, 0.2) is 0 Å². The predicted molar refractivity (Wildman–Crippen MR) is 85.2 cm³/mol. The van der Waals surface area contributed by atoms with Crippen LogP contribution in [-0.4, -0.2) is 17.6 Å². The normalized spacial score (nSPS) is 17.4. The van der Waals surface area contributed by atoms with Crippen LogP contribution in [0.5, 0.6) is 0 Å². The molecule has 1 fully saturated rings. The van der Waals surface area contributed by atoms with Crippen molar-refractivity contribution in [3.05, 3.63) is 15.6 Å². The average molecular weight is 296 g/mol. The highest BCUT2D eigenvalue weighted by molar-refractivity contribution is 7.11. The van der Waals surface area contributed by atoms with Gasteiger partial charge in [0.25, 0.3) is 0 Å². The molecule has 2 rings (SSSR count). The Hall–Kier alpha value is -0.450. The summed E-state index contributed by atoms with van der Waals surface area (Å²) in [4.78, 5) is 6.26. The van der Waals surface area contributed by atoms with E-state index in [9.17, 15) is 0 Å². The van der Waals surface area contributed by atoms with E-state index in [2.05, 4.69) is 39.9 Å². The number of aryl methyl sites for hydroxylation is 1. The van der Waals surface area contributed by atoms with Gasteiger partial charge in [0.05, 0.1) is 5.69 Å². The summed E-state index contributed by atoms with van der Waals surface area (Å²) in [5, 5.41) is 4.74. The zero-order valence-corrected chi connectivity index (χ0v) is 14.3. The molecule has 0 spiro atoms. The second-order valence-electron chi connectivity index (χ2n) is 6.63. The van der Waals surface area contributed by atoms with Crippen molar-refractivity contribution in [2.75, 3.05) is 6.61 Å². The molecule has 0 saturated heterocycles. The Kier molecular flexibility index (Phi) is 5.21. The molecule has 1 saturated carbocycles. The first kappa shape index (κ1) is 15.9. The molecule has 114 valence electrons. The second-order valence-corrected chi connectivity index (χ2v) is 7.75. The fourth-order valence-corrected chi connectivity index (χ4v) is 3.71. The monoisotopic (exact) mass is 296 g/mol. The molecule has 0 amide bonds. The lowest BCUT2D eigenvalue weighted by atomic mass is 9.89. The number of hydrogen-bond acceptors (Lipinski definition) is 4. The van der Waals surface area contributed by atoms with Crippen LogP contribution in [0.3, 0.4) is 0 Å². The first-order valence-electron chi connectivity index (χ1n) is 7.79. The highest BCUT2D eigenvalue weighted by Crippen LogP contribution is 2.39. The van der Waals surface area contributed by atoms with Crippen LogP contribution in [0.4, 0.5) is 0 Å². The smallest absolute Gasteiger partial charge is 0.123 e. The van der Waals surface area contributed by atoms with E-state index in [0.29, 0.717) is 0 Å². The standard InChI is InChI=1S/C16H28N2OS/c1-6-12-13(10-17-11-8-9-11)20-15(18-12)14(19-7-2)16(3,4)5/h11,14,17H,6-10H2,1-5H3. The number of nitrogens with zero attached hydrogens (tertiary/aromatic N) is 1. The van der Waals surface area contributed by atoms with Crippen LogP contribution in [0.25, 0.3) is 0 Å². The topological polar surface area (TPSA) is 34.1 Å². The van der Waals surface area contributed by atoms with Gasteiger partial charge in [-0.05, 0) is 31.6 Å². The molecule has 1 atom stereocenters. The van der Waals surface area contributed by atoms with Crippen molar-refractivity contribution in [2.45, 2.75) is 72.6 Å². The number of aromatic nitrogens is 1. The minimum absolute atomic E-state index is 0.0834. The molecule has 3 nitrogen and oxygen atoms in total. The first-order valence-corrected chi connectivity index (χ1v) is 8.60. The Balaban J connectivity index is 2.16. The van der Waals surface area contributed by atoms with Crippen LogP contribution >= 0.6 is 11.3 Å². The molecule has 1 aromatic rings. The summed E-state index contributed by atoms with van der Waals surface area (Å²) in [7, 11) is 0. The van der Waals surface area contributed by atoms with Crippen molar-refractivity contribution >= 4 is 11.3 Å². The van der Waals surface area contributed by atoms with Crippen molar-refractivity contribution in [3.63, 3.8) is 0 Å². The molecule has 20 heavy (non-hydrogen) atoms. The minimum atomic E-state index is 0.0834. The van der Waals surface area contributed by atoms with E-state index in [4.69, 9.17) is 9.72 Å². The van der Waals surface area contributed by atoms with E-state index in [0.717, 1.165) is 30.6 Å². The lowest BCUT2D eigenvalue weighted by molar-refractivity contribution is -0.0134. The van der Waals surface area contributed by atoms with Gasteiger partial charge in [-0.2, -0.15) is 0 Å². The van der Waals surface area contributed by atoms with Crippen LogP contribution in [0.2, 0.25) is 0 Å². The minimum Gasteiger partial charge on any atom is -0.371 e. The Morgan fingerprint density at radius 1 is 1.35 bits per heavy atom. The summed E-state index contributed by atoms with van der Waals surface area (Å²) in [6, 6.07) is 0.746. The lowest BCUT2D eigenvalue weighted by Crippen LogP contribution is -2.21. The molecule has 0 aliphatic heterocycles. The lowest BCUT2D eigenvalue weighted by Gasteiger charge is -2.28. The third kappa shape index (κ3) is 4.03. The van der Waals surface area contributed by atoms with E-state index in [-0.39, 0.29) is 11.5 Å². The molecule has 1 N–H and O–H groups in total. The molecular formula is C16H28N2OS. The van der Waals surface area contributed by atoms with E-state index >= 15 is 0 Å². The van der Waals surface area contributed by atoms with E-state index in [1.807, 2.05) is 11.3 Å². The third-order valence-corrected chi connectivity index (χ3v) is 4.74.